The zero-order valence-electron chi connectivity index (χ0n) is 5.60. The molecule has 0 N–H and O–H groups in total. The van der Waals surface area contributed by atoms with Crippen molar-refractivity contribution in [3.8, 4) is 0 Å². The van der Waals surface area contributed by atoms with E-state index in [1.165, 1.54) is 0 Å². The summed E-state index contributed by atoms with van der Waals surface area (Å²) in [4.78, 5) is 0. The minimum atomic E-state index is -2.66. The van der Waals surface area contributed by atoms with Gasteiger partial charge in [-0.3, -0.25) is 0 Å². The Morgan fingerprint density at radius 1 is 1.00 bits per heavy atom. The standard InChI is InChI=1S/3CH3O.HI.2Ti/c3*1-2;;;/h3*1H3;1H;;/q3*-1;;;+4/p-1. The van der Waals surface area contributed by atoms with Crippen LogP contribution in [0.25, 0.3) is 0 Å². The molecule has 0 unspecified atom stereocenters. The van der Waals surface area contributed by atoms with E-state index in [4.69, 9.17) is 9.96 Å². The van der Waals surface area contributed by atoms with E-state index in [0.717, 1.165) is 0 Å². The number of hydrogen-bond acceptors (Lipinski definition) is 3. The van der Waals surface area contributed by atoms with Gasteiger partial charge in [-0.25, -0.2) is 0 Å². The van der Waals surface area contributed by atoms with Gasteiger partial charge in [0.25, 0.3) is 0 Å². The largest absolute Gasteiger partial charge is 0 e. The molecule has 0 saturated carbocycles. The minimum Gasteiger partial charge on any atom is 0 e. The predicted molar refractivity (Wildman–Crippen MR) is 35.0 cm³/mol. The van der Waals surface area contributed by atoms with Crippen molar-refractivity contribution in [3.63, 3.8) is 0 Å². The van der Waals surface area contributed by atoms with Crippen molar-refractivity contribution in [2.24, 2.45) is 0 Å². The second-order valence-electron chi connectivity index (χ2n) is 1.09. The van der Waals surface area contributed by atoms with Gasteiger partial charge in [0.1, 0.15) is 0 Å². The third kappa shape index (κ3) is 5.32. The normalized spacial score (nSPS) is 10.7. The maximum Gasteiger partial charge on any atom is 0 e. The summed E-state index contributed by atoms with van der Waals surface area (Å²) in [5, 5.41) is 0. The van der Waals surface area contributed by atoms with Crippen LogP contribution in [0.15, 0.2) is 0 Å². The maximum atomic E-state index is 4.97. The first-order chi connectivity index (χ1) is 3.68. The zero-order chi connectivity index (χ0) is 6.62. The van der Waals surface area contributed by atoms with Crippen molar-refractivity contribution >= 4 is 19.2 Å². The Balaban J connectivity index is 0. The molecule has 9 heavy (non-hydrogen) atoms. The van der Waals surface area contributed by atoms with Gasteiger partial charge in [0.05, 0.1) is 0 Å². The summed E-state index contributed by atoms with van der Waals surface area (Å²) in [6.07, 6.45) is 0. The van der Waals surface area contributed by atoms with Crippen molar-refractivity contribution in [2.75, 3.05) is 21.3 Å². The average molecular weight is 316 g/mol. The van der Waals surface area contributed by atoms with Crippen molar-refractivity contribution in [2.45, 2.75) is 0 Å². The first-order valence-corrected chi connectivity index (χ1v) is 8.98. The fraction of sp³-hybridized carbons (Fsp3) is 1.00. The zero-order valence-corrected chi connectivity index (χ0v) is 10.9. The van der Waals surface area contributed by atoms with E-state index in [2.05, 4.69) is 19.2 Å². The third-order valence-electron chi connectivity index (χ3n) is 0.731. The molecule has 0 aliphatic carbocycles. The van der Waals surface area contributed by atoms with Crippen LogP contribution in [0.5, 0.6) is 0 Å². The fourth-order valence-corrected chi connectivity index (χ4v) is 1.03. The third-order valence-corrected chi connectivity index (χ3v) is 8.46. The number of rotatable bonds is 3. The Hall–Kier alpha value is 2.04. The molecule has 0 aromatic rings. The molecule has 0 radical (unpaired) electrons. The van der Waals surface area contributed by atoms with Gasteiger partial charge < -0.3 is 0 Å². The van der Waals surface area contributed by atoms with Gasteiger partial charge in [0.2, 0.25) is 0 Å². The Kier molecular flexibility index (Phi) is 10.2. The molecule has 0 aliphatic rings. The van der Waals surface area contributed by atoms with Crippen LogP contribution in [-0.4, -0.2) is 21.3 Å². The average Bonchev–Trinajstić information content (AvgIpc) is 1.87. The molecule has 0 saturated heterocycles. The second-order valence-corrected chi connectivity index (χ2v) is 9.96. The van der Waals surface area contributed by atoms with Gasteiger partial charge in [0.15, 0.2) is 0 Å². The van der Waals surface area contributed by atoms with Crippen LogP contribution in [-0.2, 0) is 45.7 Å². The van der Waals surface area contributed by atoms with Gasteiger partial charge in [0, 0.05) is 21.7 Å². The minimum absolute atomic E-state index is 0. The van der Waals surface area contributed by atoms with Crippen molar-refractivity contribution in [3.05, 3.63) is 0 Å². The quantitative estimate of drug-likeness (QED) is 0.578. The predicted octanol–water partition coefficient (Wildman–Crippen LogP) is 1.17. The van der Waals surface area contributed by atoms with E-state index in [0.29, 0.717) is 0 Å². The van der Waals surface area contributed by atoms with Crippen LogP contribution in [0.3, 0.4) is 0 Å². The van der Waals surface area contributed by atoms with Gasteiger partial charge in [-0.15, -0.1) is 0 Å². The smallest absolute Gasteiger partial charge is 0 e. The van der Waals surface area contributed by atoms with Crippen molar-refractivity contribution < 1.29 is 45.7 Å². The molecule has 0 rings (SSSR count). The summed E-state index contributed by atoms with van der Waals surface area (Å²) in [5.74, 6) is 0. The Labute approximate surface area is 85.2 Å². The Morgan fingerprint density at radius 2 is 1.22 bits per heavy atom. The summed E-state index contributed by atoms with van der Waals surface area (Å²) in [5.41, 5.74) is 0. The molecule has 0 amide bonds. The molecule has 0 aromatic carbocycles. The Bertz CT molecular complexity index is 59.8. The summed E-state index contributed by atoms with van der Waals surface area (Å²) in [6, 6.07) is 0. The molecule has 0 spiro atoms. The summed E-state index contributed by atoms with van der Waals surface area (Å²) < 4.78 is 14.9. The molecule has 0 atom stereocenters. The summed E-state index contributed by atoms with van der Waals surface area (Å²) >= 11 is -0.567. The van der Waals surface area contributed by atoms with Gasteiger partial charge in [-0.05, 0) is 0 Å². The molecule has 0 aliphatic heterocycles. The number of halogens is 1. The second kappa shape index (κ2) is 6.73. The molecule has 0 aromatic heterocycles. The van der Waals surface area contributed by atoms with Crippen LogP contribution in [0, 0.1) is 0 Å². The van der Waals surface area contributed by atoms with E-state index in [1.807, 2.05) is 0 Å². The molecule has 54 valence electrons. The first kappa shape index (κ1) is 13.6. The molecule has 6 heteroatoms. The molecule has 3 nitrogen and oxygen atoms in total. The van der Waals surface area contributed by atoms with E-state index in [1.54, 1.807) is 21.3 Å². The summed E-state index contributed by atoms with van der Waals surface area (Å²) in [7, 11) is 4.79. The van der Waals surface area contributed by atoms with Crippen LogP contribution >= 0.6 is 19.2 Å². The van der Waals surface area contributed by atoms with E-state index in [9.17, 15) is 0 Å². The Morgan fingerprint density at radius 3 is 1.22 bits per heavy atom. The molecule has 0 heterocycles. The van der Waals surface area contributed by atoms with Gasteiger partial charge >= 0.3 is 64.5 Å². The van der Waals surface area contributed by atoms with Crippen molar-refractivity contribution in [1.82, 2.24) is 0 Å². The fourth-order valence-electron chi connectivity index (χ4n) is 0.250. The number of hydrogen-bond donors (Lipinski definition) is 0. The van der Waals surface area contributed by atoms with E-state index >= 15 is 0 Å². The molecule has 0 bridgehead atoms. The van der Waals surface area contributed by atoms with E-state index in [-0.39, 0.29) is 21.7 Å². The van der Waals surface area contributed by atoms with Crippen LogP contribution in [0.1, 0.15) is 0 Å². The van der Waals surface area contributed by atoms with Gasteiger partial charge in [-0.1, -0.05) is 0 Å². The van der Waals surface area contributed by atoms with Gasteiger partial charge in [-0.2, -0.15) is 0 Å². The molecular weight excluding hydrogens is 307 g/mol. The maximum absolute atomic E-state index is 4.97. The first-order valence-electron chi connectivity index (χ1n) is 2.03. The van der Waals surface area contributed by atoms with Crippen molar-refractivity contribution in [1.29, 1.82) is 0 Å². The van der Waals surface area contributed by atoms with Crippen LogP contribution in [0.4, 0.5) is 0 Å². The topological polar surface area (TPSA) is 27.7 Å². The molecule has 0 fully saturated rings. The van der Waals surface area contributed by atoms with Crippen LogP contribution in [0.2, 0.25) is 0 Å². The summed E-state index contributed by atoms with van der Waals surface area (Å²) in [6.45, 7) is 0. The van der Waals surface area contributed by atoms with E-state index < -0.39 is 14.0 Å². The molecular formula is C3H9IO3Ti2. The SMILES string of the molecule is C[O][Ti]([I])([O]C)[O]C.[Ti]. The van der Waals surface area contributed by atoms with Crippen LogP contribution < -0.4 is 0 Å². The monoisotopic (exact) mass is 316 g/mol.